The predicted molar refractivity (Wildman–Crippen MR) is 106 cm³/mol. The molecule has 2 N–H and O–H groups in total. The Labute approximate surface area is 167 Å². The van der Waals surface area contributed by atoms with E-state index in [1.165, 1.54) is 11.0 Å². The van der Waals surface area contributed by atoms with E-state index in [2.05, 4.69) is 23.7 Å². The average molecular weight is 404 g/mol. The topological polar surface area (TPSA) is 62.5 Å². The molecule has 2 aliphatic heterocycles. The Morgan fingerprint density at radius 2 is 2.07 bits per heavy atom. The summed E-state index contributed by atoms with van der Waals surface area (Å²) in [5.41, 5.74) is 6.46. The summed E-state index contributed by atoms with van der Waals surface area (Å²) in [6.07, 6.45) is -2.62. The van der Waals surface area contributed by atoms with Gasteiger partial charge in [-0.3, -0.25) is 4.90 Å². The van der Waals surface area contributed by atoms with Gasteiger partial charge in [0.15, 0.2) is 5.82 Å². The lowest BCUT2D eigenvalue weighted by atomic mass is 9.96. The van der Waals surface area contributed by atoms with Gasteiger partial charge in [-0.1, -0.05) is 32.4 Å². The summed E-state index contributed by atoms with van der Waals surface area (Å²) < 4.78 is 39.3. The second-order valence-corrected chi connectivity index (χ2v) is 7.82. The molecule has 1 aromatic heterocycles. The number of urea groups is 1. The van der Waals surface area contributed by atoms with Gasteiger partial charge in [0.05, 0.1) is 23.0 Å². The van der Waals surface area contributed by atoms with Crippen LogP contribution in [0.25, 0.3) is 11.3 Å². The maximum absolute atomic E-state index is 13.1. The van der Waals surface area contributed by atoms with Gasteiger partial charge in [0.25, 0.3) is 0 Å². The SMILES string of the molecule is CC[C@@H](C)C1C[C@H]2CN1c1ccc(-c3cccc(C(F)(F)F)c3)nc1N2C(N)=O. The highest BCUT2D eigenvalue weighted by Crippen LogP contribution is 2.44. The van der Waals surface area contributed by atoms with Gasteiger partial charge in [0, 0.05) is 18.2 Å². The number of alkyl halides is 3. The second kappa shape index (κ2) is 6.93. The Balaban J connectivity index is 1.79. The molecule has 2 amide bonds. The number of halogens is 3. The van der Waals surface area contributed by atoms with Gasteiger partial charge < -0.3 is 10.6 Å². The number of primary amides is 1. The van der Waals surface area contributed by atoms with Crippen molar-refractivity contribution in [3.8, 4) is 11.3 Å². The van der Waals surface area contributed by atoms with E-state index in [9.17, 15) is 18.0 Å². The molecular weight excluding hydrogens is 381 g/mol. The molecule has 3 atom stereocenters. The number of pyridine rings is 1. The number of rotatable bonds is 3. The molecule has 0 saturated carbocycles. The first-order valence-electron chi connectivity index (χ1n) is 9.74. The number of anilines is 2. The molecule has 2 bridgehead atoms. The molecule has 5 nitrogen and oxygen atoms in total. The summed E-state index contributed by atoms with van der Waals surface area (Å²) in [4.78, 5) is 20.6. The number of hydrogen-bond donors (Lipinski definition) is 1. The fourth-order valence-electron chi connectivity index (χ4n) is 4.43. The van der Waals surface area contributed by atoms with Crippen LogP contribution in [0, 0.1) is 5.92 Å². The van der Waals surface area contributed by atoms with Crippen LogP contribution in [0.15, 0.2) is 36.4 Å². The standard InChI is InChI=1S/C21H23F3N4O/c1-3-12(2)18-10-15-11-27(18)17-8-7-16(26-19(17)28(15)20(25)29)13-5-4-6-14(9-13)21(22,23)24/h4-9,12,15,18H,3,10-11H2,1-2H3,(H2,25,29)/t12-,15+,18?/m1/s1. The van der Waals surface area contributed by atoms with Crippen LogP contribution in [0.1, 0.15) is 32.3 Å². The van der Waals surface area contributed by atoms with Crippen molar-refractivity contribution in [2.45, 2.75) is 44.9 Å². The molecule has 2 aliphatic rings. The molecule has 1 aromatic carbocycles. The van der Waals surface area contributed by atoms with Crippen molar-refractivity contribution in [2.75, 3.05) is 16.3 Å². The van der Waals surface area contributed by atoms with Crippen molar-refractivity contribution in [3.63, 3.8) is 0 Å². The summed E-state index contributed by atoms with van der Waals surface area (Å²) in [6, 6.07) is 8.19. The van der Waals surface area contributed by atoms with Crippen LogP contribution in [0.3, 0.4) is 0 Å². The Hall–Kier alpha value is -2.77. The molecule has 154 valence electrons. The van der Waals surface area contributed by atoms with Gasteiger partial charge in [-0.2, -0.15) is 13.2 Å². The smallest absolute Gasteiger partial charge is 0.363 e. The molecule has 29 heavy (non-hydrogen) atoms. The number of amides is 2. The second-order valence-electron chi connectivity index (χ2n) is 7.82. The summed E-state index contributed by atoms with van der Waals surface area (Å²) in [5, 5.41) is 0. The van der Waals surface area contributed by atoms with Gasteiger partial charge in [-0.25, -0.2) is 9.78 Å². The number of aromatic nitrogens is 1. The number of carbonyl (C=O) groups is 1. The van der Waals surface area contributed by atoms with E-state index in [0.717, 1.165) is 30.7 Å². The average Bonchev–Trinajstić information content (AvgIpc) is 3.06. The van der Waals surface area contributed by atoms with Crippen molar-refractivity contribution < 1.29 is 18.0 Å². The lowest BCUT2D eigenvalue weighted by molar-refractivity contribution is -0.137. The first kappa shape index (κ1) is 19.5. The molecule has 4 rings (SSSR count). The zero-order valence-corrected chi connectivity index (χ0v) is 16.3. The molecule has 0 aliphatic carbocycles. The minimum atomic E-state index is -4.43. The van der Waals surface area contributed by atoms with Gasteiger partial charge in [-0.15, -0.1) is 0 Å². The van der Waals surface area contributed by atoms with Gasteiger partial charge in [0.1, 0.15) is 0 Å². The first-order chi connectivity index (χ1) is 13.7. The normalized spacial score (nSPS) is 21.8. The Morgan fingerprint density at radius 3 is 2.72 bits per heavy atom. The molecule has 2 aromatic rings. The quantitative estimate of drug-likeness (QED) is 0.809. The van der Waals surface area contributed by atoms with Crippen molar-refractivity contribution in [2.24, 2.45) is 11.7 Å². The molecule has 1 unspecified atom stereocenters. The van der Waals surface area contributed by atoms with Crippen molar-refractivity contribution in [1.29, 1.82) is 0 Å². The van der Waals surface area contributed by atoms with E-state index < -0.39 is 17.8 Å². The maximum atomic E-state index is 13.1. The first-order valence-corrected chi connectivity index (χ1v) is 9.74. The number of fused-ring (bicyclic) bond motifs is 4. The molecule has 1 fully saturated rings. The minimum absolute atomic E-state index is 0.0803. The highest BCUT2D eigenvalue weighted by molar-refractivity contribution is 5.96. The van der Waals surface area contributed by atoms with Crippen LogP contribution in [0.2, 0.25) is 0 Å². The fourth-order valence-corrected chi connectivity index (χ4v) is 4.43. The molecule has 1 saturated heterocycles. The number of benzene rings is 1. The third-order valence-corrected chi connectivity index (χ3v) is 6.10. The molecular formula is C21H23F3N4O. The summed E-state index contributed by atoms with van der Waals surface area (Å²) in [7, 11) is 0. The Bertz CT molecular complexity index is 946. The van der Waals surface area contributed by atoms with Crippen LogP contribution in [0.4, 0.5) is 29.5 Å². The van der Waals surface area contributed by atoms with E-state index in [-0.39, 0.29) is 12.1 Å². The third-order valence-electron chi connectivity index (χ3n) is 6.10. The lowest BCUT2D eigenvalue weighted by Gasteiger charge is -2.37. The largest absolute Gasteiger partial charge is 0.416 e. The predicted octanol–water partition coefficient (Wildman–Crippen LogP) is 4.66. The van der Waals surface area contributed by atoms with E-state index in [4.69, 9.17) is 5.73 Å². The van der Waals surface area contributed by atoms with Crippen LogP contribution in [-0.2, 0) is 6.18 Å². The van der Waals surface area contributed by atoms with Crippen LogP contribution in [-0.4, -0.2) is 29.6 Å². The van der Waals surface area contributed by atoms with Gasteiger partial charge in [-0.05, 0) is 36.6 Å². The van der Waals surface area contributed by atoms with E-state index >= 15 is 0 Å². The van der Waals surface area contributed by atoms with E-state index in [1.54, 1.807) is 12.1 Å². The number of nitrogens with zero attached hydrogens (tertiary/aromatic N) is 3. The molecule has 8 heteroatoms. The summed E-state index contributed by atoms with van der Waals surface area (Å²) >= 11 is 0. The van der Waals surface area contributed by atoms with Gasteiger partial charge >= 0.3 is 12.2 Å². The van der Waals surface area contributed by atoms with Crippen molar-refractivity contribution in [3.05, 3.63) is 42.0 Å². The van der Waals surface area contributed by atoms with Crippen LogP contribution in [0.5, 0.6) is 0 Å². The lowest BCUT2D eigenvalue weighted by Crippen LogP contribution is -2.49. The zero-order valence-electron chi connectivity index (χ0n) is 16.3. The number of hydrogen-bond acceptors (Lipinski definition) is 3. The third kappa shape index (κ3) is 3.30. The molecule has 3 heterocycles. The maximum Gasteiger partial charge on any atom is 0.416 e. The van der Waals surface area contributed by atoms with Crippen molar-refractivity contribution in [1.82, 2.24) is 4.98 Å². The number of carbonyl (C=O) groups excluding carboxylic acids is 1. The van der Waals surface area contributed by atoms with Crippen LogP contribution < -0.4 is 15.5 Å². The molecule has 0 radical (unpaired) electrons. The highest BCUT2D eigenvalue weighted by atomic mass is 19.4. The Kier molecular flexibility index (Phi) is 4.67. The van der Waals surface area contributed by atoms with E-state index in [0.29, 0.717) is 29.5 Å². The fraction of sp³-hybridized carbons (Fsp3) is 0.429. The van der Waals surface area contributed by atoms with Gasteiger partial charge in [0.2, 0.25) is 0 Å². The monoisotopic (exact) mass is 404 g/mol. The van der Waals surface area contributed by atoms with Crippen LogP contribution >= 0.6 is 0 Å². The minimum Gasteiger partial charge on any atom is -0.363 e. The highest BCUT2D eigenvalue weighted by Gasteiger charge is 2.45. The van der Waals surface area contributed by atoms with Crippen molar-refractivity contribution >= 4 is 17.5 Å². The van der Waals surface area contributed by atoms with E-state index in [1.807, 2.05) is 6.07 Å². The summed E-state index contributed by atoms with van der Waals surface area (Å²) in [6.45, 7) is 5.01. The number of nitrogens with two attached hydrogens (primary N) is 1. The Morgan fingerprint density at radius 1 is 1.31 bits per heavy atom. The zero-order chi connectivity index (χ0) is 20.9. The molecule has 0 spiro atoms. The summed E-state index contributed by atoms with van der Waals surface area (Å²) in [5.74, 6) is 0.860.